The molecule has 3 atom stereocenters. The number of para-hydroxylation sites is 1. The number of carbonyl (C=O) groups excluding carboxylic acids is 2. The van der Waals surface area contributed by atoms with Crippen LogP contribution in [0.1, 0.15) is 43.7 Å². The Morgan fingerprint density at radius 2 is 1.77 bits per heavy atom. The van der Waals surface area contributed by atoms with Gasteiger partial charge in [-0.15, -0.1) is 11.3 Å². The Labute approximate surface area is 211 Å². The first-order chi connectivity index (χ1) is 16.9. The van der Waals surface area contributed by atoms with Crippen molar-refractivity contribution in [1.29, 1.82) is 0 Å². The van der Waals surface area contributed by atoms with Gasteiger partial charge >= 0.3 is 0 Å². The van der Waals surface area contributed by atoms with E-state index in [1.165, 1.54) is 11.3 Å². The van der Waals surface area contributed by atoms with Crippen molar-refractivity contribution in [2.24, 2.45) is 0 Å². The lowest BCUT2D eigenvalue weighted by Gasteiger charge is -2.40. The number of aryl methyl sites for hydroxylation is 1. The third kappa shape index (κ3) is 5.74. The zero-order valence-corrected chi connectivity index (χ0v) is 21.5. The molecule has 7 heteroatoms. The van der Waals surface area contributed by atoms with Gasteiger partial charge in [-0.25, -0.2) is 0 Å². The Hall–Kier alpha value is -3.16. The van der Waals surface area contributed by atoms with Gasteiger partial charge in [0.05, 0.1) is 0 Å². The van der Waals surface area contributed by atoms with Crippen molar-refractivity contribution in [3.63, 3.8) is 0 Å². The zero-order valence-electron chi connectivity index (χ0n) is 20.7. The Bertz CT molecular complexity index is 1140. The monoisotopic (exact) mass is 491 g/mol. The van der Waals surface area contributed by atoms with Crippen LogP contribution in [0.25, 0.3) is 0 Å². The molecule has 1 aromatic heterocycles. The fraction of sp³-hybridized carbons (Fsp3) is 0.357. The summed E-state index contributed by atoms with van der Waals surface area (Å²) in [4.78, 5) is 31.9. The number of piperazine rings is 1. The molecule has 1 saturated heterocycles. The number of amides is 2. The van der Waals surface area contributed by atoms with E-state index >= 15 is 0 Å². The molecule has 3 aromatic rings. The van der Waals surface area contributed by atoms with Gasteiger partial charge in [0.1, 0.15) is 17.5 Å². The summed E-state index contributed by atoms with van der Waals surface area (Å²) >= 11 is 1.50. The average Bonchev–Trinajstić information content (AvgIpc) is 3.37. The van der Waals surface area contributed by atoms with Crippen molar-refractivity contribution in [2.75, 3.05) is 18.0 Å². The number of carbonyl (C=O) groups is 2. The van der Waals surface area contributed by atoms with Crippen molar-refractivity contribution < 1.29 is 14.3 Å². The molecule has 0 bridgehead atoms. The smallest absolute Gasteiger partial charge is 0.251 e. The molecule has 2 amide bonds. The molecule has 2 aromatic carbocycles. The first-order valence-corrected chi connectivity index (χ1v) is 13.0. The van der Waals surface area contributed by atoms with Crippen LogP contribution in [0.4, 0.5) is 5.69 Å². The summed E-state index contributed by atoms with van der Waals surface area (Å²) in [5.41, 5.74) is 1.59. The number of hydrogen-bond donors (Lipinski definition) is 1. The summed E-state index contributed by atoms with van der Waals surface area (Å²) in [6.07, 6.45) is 0.297. The molecule has 1 fully saturated rings. The van der Waals surface area contributed by atoms with E-state index in [9.17, 15) is 9.59 Å². The Morgan fingerprint density at radius 3 is 2.37 bits per heavy atom. The minimum absolute atomic E-state index is 0.0431. The number of nitrogens with one attached hydrogen (secondary N) is 1. The predicted octanol–water partition coefficient (Wildman–Crippen LogP) is 5.54. The lowest BCUT2D eigenvalue weighted by atomic mass is 10.0. The van der Waals surface area contributed by atoms with Gasteiger partial charge in [0.25, 0.3) is 5.91 Å². The second-order valence-corrected chi connectivity index (χ2v) is 10.1. The maximum absolute atomic E-state index is 14.0. The van der Waals surface area contributed by atoms with Gasteiger partial charge < -0.3 is 15.0 Å². The van der Waals surface area contributed by atoms with E-state index in [0.29, 0.717) is 25.3 Å². The Balaban J connectivity index is 1.71. The van der Waals surface area contributed by atoms with E-state index in [1.54, 1.807) is 4.90 Å². The van der Waals surface area contributed by atoms with Crippen LogP contribution in [0.2, 0.25) is 0 Å². The van der Waals surface area contributed by atoms with E-state index in [4.69, 9.17) is 4.74 Å². The van der Waals surface area contributed by atoms with Crippen molar-refractivity contribution in [3.05, 3.63) is 76.5 Å². The molecule has 4 rings (SSSR count). The number of ether oxygens (including phenoxy) is 1. The van der Waals surface area contributed by atoms with E-state index < -0.39 is 6.04 Å². The average molecular weight is 492 g/mol. The first kappa shape index (κ1) is 24.9. The summed E-state index contributed by atoms with van der Waals surface area (Å²) in [6.45, 7) is 9.18. The molecule has 1 aliphatic rings. The number of thiophene rings is 1. The number of hydrogen-bond acceptors (Lipinski definition) is 5. The van der Waals surface area contributed by atoms with Crippen LogP contribution in [0.3, 0.4) is 0 Å². The fourth-order valence-corrected chi connectivity index (χ4v) is 5.47. The summed E-state index contributed by atoms with van der Waals surface area (Å²) in [6, 6.07) is 18.8. The molecular formula is C28H33N3O3S. The molecule has 3 unspecified atom stereocenters. The van der Waals surface area contributed by atoms with Gasteiger partial charge in [-0.2, -0.15) is 0 Å². The van der Waals surface area contributed by atoms with E-state index in [1.807, 2.05) is 84.8 Å². The van der Waals surface area contributed by atoms with E-state index in [2.05, 4.69) is 19.2 Å². The quantitative estimate of drug-likeness (QED) is 0.471. The molecule has 35 heavy (non-hydrogen) atoms. The first-order valence-electron chi connectivity index (χ1n) is 12.1. The van der Waals surface area contributed by atoms with Crippen LogP contribution in [0.5, 0.6) is 11.5 Å². The molecule has 184 valence electrons. The maximum atomic E-state index is 14.0. The van der Waals surface area contributed by atoms with Gasteiger partial charge in [0, 0.05) is 42.2 Å². The second-order valence-electron chi connectivity index (χ2n) is 9.11. The van der Waals surface area contributed by atoms with Crippen LogP contribution < -0.4 is 15.0 Å². The van der Waals surface area contributed by atoms with Gasteiger partial charge in [0.15, 0.2) is 0 Å². The number of anilines is 1. The molecule has 0 aliphatic carbocycles. The number of nitrogens with zero attached hydrogens (tertiary/aromatic N) is 2. The zero-order chi connectivity index (χ0) is 24.9. The van der Waals surface area contributed by atoms with Crippen LogP contribution in [0.15, 0.2) is 66.0 Å². The van der Waals surface area contributed by atoms with Crippen molar-refractivity contribution in [2.45, 2.75) is 52.2 Å². The Morgan fingerprint density at radius 1 is 1.06 bits per heavy atom. The molecular weight excluding hydrogens is 458 g/mol. The molecule has 0 radical (unpaired) electrons. The number of benzene rings is 2. The molecule has 0 spiro atoms. The largest absolute Gasteiger partial charge is 0.457 e. The summed E-state index contributed by atoms with van der Waals surface area (Å²) in [7, 11) is 0. The normalized spacial score (nSPS) is 18.7. The standard InChI is InChI=1S/C28H33N3O3S/c1-5-26(32)31(24-14-13-23(16-19(24)2)34-22-10-7-6-8-11-22)27(25-12-9-15-35-25)28(33)30-17-20(3)29-21(4)18-30/h6-16,20-21,27,29H,5,17-18H2,1-4H3. The lowest BCUT2D eigenvalue weighted by Crippen LogP contribution is -2.58. The minimum atomic E-state index is -0.709. The van der Waals surface area contributed by atoms with Gasteiger partial charge in [0.2, 0.25) is 5.91 Å². The summed E-state index contributed by atoms with van der Waals surface area (Å²) < 4.78 is 6.00. The van der Waals surface area contributed by atoms with E-state index in [-0.39, 0.29) is 23.9 Å². The fourth-order valence-electron chi connectivity index (χ4n) is 4.66. The van der Waals surface area contributed by atoms with E-state index in [0.717, 1.165) is 21.9 Å². The maximum Gasteiger partial charge on any atom is 0.251 e. The van der Waals surface area contributed by atoms with Gasteiger partial charge in [-0.05, 0) is 68.1 Å². The molecule has 0 saturated carbocycles. The molecule has 6 nitrogen and oxygen atoms in total. The lowest BCUT2D eigenvalue weighted by molar-refractivity contribution is -0.136. The Kier molecular flexibility index (Phi) is 7.88. The van der Waals surface area contributed by atoms with Crippen molar-refractivity contribution in [3.8, 4) is 11.5 Å². The SMILES string of the molecule is CCC(=O)N(c1ccc(Oc2ccccc2)cc1C)C(C(=O)N1CC(C)NC(C)C1)c1cccs1. The third-order valence-electron chi connectivity index (χ3n) is 6.15. The minimum Gasteiger partial charge on any atom is -0.457 e. The molecule has 1 N–H and O–H groups in total. The van der Waals surface area contributed by atoms with Crippen LogP contribution in [-0.4, -0.2) is 41.9 Å². The van der Waals surface area contributed by atoms with Gasteiger partial charge in [-0.3, -0.25) is 14.5 Å². The topological polar surface area (TPSA) is 61.9 Å². The highest BCUT2D eigenvalue weighted by Crippen LogP contribution is 2.36. The number of rotatable bonds is 7. The second kappa shape index (κ2) is 11.1. The highest BCUT2D eigenvalue weighted by atomic mass is 32.1. The molecule has 2 heterocycles. The van der Waals surface area contributed by atoms with Gasteiger partial charge in [-0.1, -0.05) is 31.2 Å². The third-order valence-corrected chi connectivity index (χ3v) is 7.08. The highest BCUT2D eigenvalue weighted by molar-refractivity contribution is 7.10. The van der Waals surface area contributed by atoms with Crippen LogP contribution in [-0.2, 0) is 9.59 Å². The van der Waals surface area contributed by atoms with Crippen LogP contribution >= 0.6 is 11.3 Å². The van der Waals surface area contributed by atoms with Crippen LogP contribution in [0, 0.1) is 6.92 Å². The van der Waals surface area contributed by atoms with Crippen molar-refractivity contribution in [1.82, 2.24) is 10.2 Å². The highest BCUT2D eigenvalue weighted by Gasteiger charge is 2.38. The summed E-state index contributed by atoms with van der Waals surface area (Å²) in [5.74, 6) is 1.30. The predicted molar refractivity (Wildman–Crippen MR) is 141 cm³/mol. The summed E-state index contributed by atoms with van der Waals surface area (Å²) in [5, 5.41) is 5.44. The molecule has 1 aliphatic heterocycles. The van der Waals surface area contributed by atoms with Crippen molar-refractivity contribution >= 4 is 28.8 Å².